The van der Waals surface area contributed by atoms with Gasteiger partial charge in [0.1, 0.15) is 11.8 Å². The first-order valence-electron chi connectivity index (χ1n) is 8.98. The zero-order chi connectivity index (χ0) is 19.1. The van der Waals surface area contributed by atoms with Crippen LogP contribution in [0.25, 0.3) is 11.1 Å². The molecule has 2 N–H and O–H groups in total. The molecule has 4 heteroatoms. The van der Waals surface area contributed by atoms with Crippen molar-refractivity contribution in [2.45, 2.75) is 19.5 Å². The number of amides is 1. The molecular weight excluding hydrogens is 336 g/mol. The van der Waals surface area contributed by atoms with Crippen LogP contribution in [0.5, 0.6) is 5.75 Å². The van der Waals surface area contributed by atoms with Gasteiger partial charge in [-0.3, -0.25) is 4.79 Å². The van der Waals surface area contributed by atoms with Crippen molar-refractivity contribution in [2.24, 2.45) is 0 Å². The minimum absolute atomic E-state index is 0.0436. The lowest BCUT2D eigenvalue weighted by molar-refractivity contribution is -0.121. The van der Waals surface area contributed by atoms with Crippen molar-refractivity contribution >= 4 is 11.6 Å². The molecule has 3 aromatic rings. The van der Waals surface area contributed by atoms with Crippen LogP contribution in [-0.2, 0) is 11.3 Å². The number of ether oxygens (including phenoxy) is 1. The highest BCUT2D eigenvalue weighted by molar-refractivity contribution is 5.84. The number of nitrogens with one attached hydrogen (secondary N) is 2. The Morgan fingerprint density at radius 3 is 2.15 bits per heavy atom. The van der Waals surface area contributed by atoms with Crippen molar-refractivity contribution in [1.29, 1.82) is 0 Å². The SMILES string of the molecule is COc1ccc(CNC(=O)[C@H](C)Nc2ccc(-c3ccccc3)cc2)cc1. The highest BCUT2D eigenvalue weighted by atomic mass is 16.5. The van der Waals surface area contributed by atoms with Crippen molar-refractivity contribution < 1.29 is 9.53 Å². The van der Waals surface area contributed by atoms with E-state index < -0.39 is 0 Å². The summed E-state index contributed by atoms with van der Waals surface area (Å²) in [4.78, 5) is 12.3. The lowest BCUT2D eigenvalue weighted by atomic mass is 10.1. The van der Waals surface area contributed by atoms with Gasteiger partial charge >= 0.3 is 0 Å². The van der Waals surface area contributed by atoms with Gasteiger partial charge in [-0.1, -0.05) is 54.6 Å². The molecule has 0 saturated heterocycles. The van der Waals surface area contributed by atoms with Gasteiger partial charge in [-0.05, 0) is 47.9 Å². The van der Waals surface area contributed by atoms with Crippen LogP contribution in [0.2, 0.25) is 0 Å². The smallest absolute Gasteiger partial charge is 0.242 e. The molecule has 1 amide bonds. The predicted octanol–water partition coefficient (Wildman–Crippen LogP) is 4.48. The van der Waals surface area contributed by atoms with E-state index in [-0.39, 0.29) is 11.9 Å². The second kappa shape index (κ2) is 8.90. The van der Waals surface area contributed by atoms with E-state index in [4.69, 9.17) is 4.74 Å². The van der Waals surface area contributed by atoms with Crippen molar-refractivity contribution in [3.63, 3.8) is 0 Å². The molecule has 0 aliphatic carbocycles. The van der Waals surface area contributed by atoms with Crippen molar-refractivity contribution in [1.82, 2.24) is 5.32 Å². The van der Waals surface area contributed by atoms with Gasteiger partial charge in [-0.2, -0.15) is 0 Å². The quantitative estimate of drug-likeness (QED) is 0.653. The maximum Gasteiger partial charge on any atom is 0.242 e. The standard InChI is InChI=1S/C23H24N2O2/c1-17(23(26)24-16-18-8-14-22(27-2)15-9-18)25-21-12-10-20(11-13-21)19-6-4-3-5-7-19/h3-15,17,25H,16H2,1-2H3,(H,24,26)/t17-/m0/s1. The molecule has 0 aromatic heterocycles. The van der Waals surface area contributed by atoms with Gasteiger partial charge in [-0.25, -0.2) is 0 Å². The lowest BCUT2D eigenvalue weighted by Crippen LogP contribution is -2.37. The second-order valence-corrected chi connectivity index (χ2v) is 6.38. The molecule has 0 heterocycles. The summed E-state index contributed by atoms with van der Waals surface area (Å²) in [5.74, 6) is 0.761. The van der Waals surface area contributed by atoms with Crippen LogP contribution in [0.1, 0.15) is 12.5 Å². The van der Waals surface area contributed by atoms with Crippen LogP contribution >= 0.6 is 0 Å². The van der Waals surface area contributed by atoms with Gasteiger partial charge in [-0.15, -0.1) is 0 Å². The van der Waals surface area contributed by atoms with E-state index in [2.05, 4.69) is 34.9 Å². The summed E-state index contributed by atoms with van der Waals surface area (Å²) in [5, 5.41) is 6.19. The summed E-state index contributed by atoms with van der Waals surface area (Å²) in [5.41, 5.74) is 4.28. The zero-order valence-corrected chi connectivity index (χ0v) is 15.6. The maximum atomic E-state index is 12.3. The number of hydrogen-bond donors (Lipinski definition) is 2. The Bertz CT molecular complexity index is 859. The van der Waals surface area contributed by atoms with Crippen molar-refractivity contribution in [3.8, 4) is 16.9 Å². The summed E-state index contributed by atoms with van der Waals surface area (Å²) in [6, 6.07) is 25.7. The Labute approximate surface area is 160 Å². The normalized spacial score (nSPS) is 11.5. The molecule has 3 aromatic carbocycles. The van der Waals surface area contributed by atoms with E-state index in [1.165, 1.54) is 5.56 Å². The van der Waals surface area contributed by atoms with E-state index in [1.807, 2.05) is 61.5 Å². The first-order chi connectivity index (χ1) is 13.2. The molecule has 0 aliphatic rings. The average molecular weight is 360 g/mol. The van der Waals surface area contributed by atoms with E-state index in [0.717, 1.165) is 22.6 Å². The van der Waals surface area contributed by atoms with Gasteiger partial charge in [0.25, 0.3) is 0 Å². The third kappa shape index (κ3) is 5.11. The maximum absolute atomic E-state index is 12.3. The average Bonchev–Trinajstić information content (AvgIpc) is 2.73. The third-order valence-electron chi connectivity index (χ3n) is 4.39. The fourth-order valence-corrected chi connectivity index (χ4v) is 2.79. The Balaban J connectivity index is 1.53. The van der Waals surface area contributed by atoms with Crippen LogP contribution in [0.4, 0.5) is 5.69 Å². The number of methoxy groups -OCH3 is 1. The molecule has 0 bridgehead atoms. The highest BCUT2D eigenvalue weighted by Gasteiger charge is 2.12. The molecule has 27 heavy (non-hydrogen) atoms. The molecular formula is C23H24N2O2. The molecule has 0 fully saturated rings. The molecule has 0 aliphatic heterocycles. The van der Waals surface area contributed by atoms with Gasteiger partial charge in [0.2, 0.25) is 5.91 Å². The monoisotopic (exact) mass is 360 g/mol. The van der Waals surface area contributed by atoms with Crippen molar-refractivity contribution in [3.05, 3.63) is 84.4 Å². The molecule has 3 rings (SSSR count). The Morgan fingerprint density at radius 1 is 0.889 bits per heavy atom. The molecule has 0 spiro atoms. The number of hydrogen-bond acceptors (Lipinski definition) is 3. The summed E-state index contributed by atoms with van der Waals surface area (Å²) in [6.07, 6.45) is 0. The molecule has 0 saturated carbocycles. The lowest BCUT2D eigenvalue weighted by Gasteiger charge is -2.16. The molecule has 138 valence electrons. The van der Waals surface area contributed by atoms with E-state index >= 15 is 0 Å². The molecule has 4 nitrogen and oxygen atoms in total. The van der Waals surface area contributed by atoms with Crippen LogP contribution in [0.3, 0.4) is 0 Å². The Hall–Kier alpha value is -3.27. The van der Waals surface area contributed by atoms with Gasteiger partial charge in [0.05, 0.1) is 7.11 Å². The van der Waals surface area contributed by atoms with E-state index in [0.29, 0.717) is 6.54 Å². The molecule has 0 unspecified atom stereocenters. The Kier molecular flexibility index (Phi) is 6.10. The van der Waals surface area contributed by atoms with Gasteiger partial charge in [0, 0.05) is 12.2 Å². The van der Waals surface area contributed by atoms with Crippen LogP contribution in [0.15, 0.2) is 78.9 Å². The molecule has 1 atom stereocenters. The first kappa shape index (κ1) is 18.5. The van der Waals surface area contributed by atoms with E-state index in [9.17, 15) is 4.79 Å². The third-order valence-corrected chi connectivity index (χ3v) is 4.39. The number of rotatable bonds is 7. The second-order valence-electron chi connectivity index (χ2n) is 6.38. The summed E-state index contributed by atoms with van der Waals surface area (Å²) in [7, 11) is 1.64. The first-order valence-corrected chi connectivity index (χ1v) is 8.98. The fraction of sp³-hybridized carbons (Fsp3) is 0.174. The van der Waals surface area contributed by atoms with Crippen LogP contribution in [0, 0.1) is 0 Å². The number of carbonyl (C=O) groups is 1. The molecule has 0 radical (unpaired) electrons. The number of benzene rings is 3. The van der Waals surface area contributed by atoms with Crippen molar-refractivity contribution in [2.75, 3.05) is 12.4 Å². The largest absolute Gasteiger partial charge is 0.497 e. The summed E-state index contributed by atoms with van der Waals surface area (Å²) < 4.78 is 5.14. The topological polar surface area (TPSA) is 50.4 Å². The summed E-state index contributed by atoms with van der Waals surface area (Å²) in [6.45, 7) is 2.34. The van der Waals surface area contributed by atoms with Crippen LogP contribution in [-0.4, -0.2) is 19.1 Å². The minimum Gasteiger partial charge on any atom is -0.497 e. The Morgan fingerprint density at radius 2 is 1.52 bits per heavy atom. The predicted molar refractivity (Wildman–Crippen MR) is 110 cm³/mol. The van der Waals surface area contributed by atoms with Crippen LogP contribution < -0.4 is 15.4 Å². The van der Waals surface area contributed by atoms with E-state index in [1.54, 1.807) is 7.11 Å². The number of carbonyl (C=O) groups excluding carboxylic acids is 1. The van der Waals surface area contributed by atoms with Gasteiger partial charge < -0.3 is 15.4 Å². The minimum atomic E-state index is -0.328. The number of anilines is 1. The zero-order valence-electron chi connectivity index (χ0n) is 15.6. The van der Waals surface area contributed by atoms with Gasteiger partial charge in [0.15, 0.2) is 0 Å². The highest BCUT2D eigenvalue weighted by Crippen LogP contribution is 2.21. The fourth-order valence-electron chi connectivity index (χ4n) is 2.79. The summed E-state index contributed by atoms with van der Waals surface area (Å²) >= 11 is 0.